The highest BCUT2D eigenvalue weighted by Crippen LogP contribution is 2.38. The van der Waals surface area contributed by atoms with E-state index in [2.05, 4.69) is 37.2 Å². The number of carbonyl (C=O) groups excluding carboxylic acids is 1. The summed E-state index contributed by atoms with van der Waals surface area (Å²) in [5.74, 6) is 0.546. The predicted molar refractivity (Wildman–Crippen MR) is 90.5 cm³/mol. The molecule has 0 spiro atoms. The van der Waals surface area contributed by atoms with Crippen LogP contribution in [0.3, 0.4) is 0 Å². The van der Waals surface area contributed by atoms with Gasteiger partial charge in [-0.2, -0.15) is 0 Å². The Balaban J connectivity index is 1.94. The van der Waals surface area contributed by atoms with Gasteiger partial charge in [-0.05, 0) is 51.3 Å². The summed E-state index contributed by atoms with van der Waals surface area (Å²) in [6, 6.07) is 11.5. The number of nitrogens with one attached hydrogen (secondary N) is 1. The molecule has 0 fully saturated rings. The minimum atomic E-state index is -0.141. The van der Waals surface area contributed by atoms with Crippen LogP contribution in [0.25, 0.3) is 0 Å². The molecule has 0 bridgehead atoms. The van der Waals surface area contributed by atoms with Crippen LogP contribution in [0.15, 0.2) is 40.9 Å². The summed E-state index contributed by atoms with van der Waals surface area (Å²) in [6.07, 6.45) is 0. The van der Waals surface area contributed by atoms with Crippen molar-refractivity contribution in [3.8, 4) is 5.75 Å². The molecule has 3 rings (SSSR count). The van der Waals surface area contributed by atoms with Crippen LogP contribution in [0.5, 0.6) is 5.75 Å². The fourth-order valence-electron chi connectivity index (χ4n) is 2.12. The third-order valence-electron chi connectivity index (χ3n) is 3.17. The van der Waals surface area contributed by atoms with E-state index in [0.717, 1.165) is 15.6 Å². The summed E-state index contributed by atoms with van der Waals surface area (Å²) >= 11 is 13.2. The van der Waals surface area contributed by atoms with Crippen molar-refractivity contribution in [1.82, 2.24) is 0 Å². The average Bonchev–Trinajstić information content (AvgIpc) is 2.48. The first-order chi connectivity index (χ1) is 10.0. The van der Waals surface area contributed by atoms with Crippen molar-refractivity contribution < 1.29 is 9.53 Å². The molecule has 3 nitrogen and oxygen atoms in total. The largest absolute Gasteiger partial charge is 0.482 e. The van der Waals surface area contributed by atoms with Gasteiger partial charge in [-0.15, -0.1) is 0 Å². The molecule has 1 amide bonds. The van der Waals surface area contributed by atoms with E-state index < -0.39 is 0 Å². The van der Waals surface area contributed by atoms with Crippen LogP contribution in [0, 0.1) is 0 Å². The zero-order chi connectivity index (χ0) is 15.0. The van der Waals surface area contributed by atoms with Crippen molar-refractivity contribution in [1.29, 1.82) is 0 Å². The van der Waals surface area contributed by atoms with Gasteiger partial charge >= 0.3 is 0 Å². The van der Waals surface area contributed by atoms with Gasteiger partial charge in [0, 0.05) is 4.47 Å². The van der Waals surface area contributed by atoms with Crippen LogP contribution >= 0.6 is 43.5 Å². The van der Waals surface area contributed by atoms with Gasteiger partial charge in [0.25, 0.3) is 5.91 Å². The van der Waals surface area contributed by atoms with E-state index in [1.807, 2.05) is 36.4 Å². The molecule has 0 saturated carbocycles. The number of halogens is 3. The lowest BCUT2D eigenvalue weighted by Crippen LogP contribution is -2.25. The molecular formula is C15H10Br2ClNO2. The average molecular weight is 432 g/mol. The van der Waals surface area contributed by atoms with Crippen LogP contribution < -0.4 is 10.1 Å². The van der Waals surface area contributed by atoms with E-state index in [4.69, 9.17) is 16.3 Å². The first-order valence-electron chi connectivity index (χ1n) is 6.20. The standard InChI is InChI=1S/C15H10Br2ClNO2/c16-10-3-1-8(5-11(10)18)15(17)9-2-4-13-12(6-9)19-14(20)7-21-13/h1-6,15H,7H2,(H,19,20). The fraction of sp³-hybridized carbons (Fsp3) is 0.133. The number of benzene rings is 2. The van der Waals surface area contributed by atoms with Crippen molar-refractivity contribution in [2.45, 2.75) is 4.83 Å². The third kappa shape index (κ3) is 3.10. The minimum absolute atomic E-state index is 0.0211. The second-order valence-electron chi connectivity index (χ2n) is 4.63. The maximum absolute atomic E-state index is 11.4. The van der Waals surface area contributed by atoms with Gasteiger partial charge in [-0.1, -0.05) is 39.7 Å². The molecule has 6 heteroatoms. The molecule has 2 aromatic rings. The fourth-order valence-corrected chi connectivity index (χ4v) is 3.13. The number of carbonyl (C=O) groups is 1. The highest BCUT2D eigenvalue weighted by molar-refractivity contribution is 9.10. The summed E-state index contributed by atoms with van der Waals surface area (Å²) in [7, 11) is 0. The SMILES string of the molecule is O=C1COc2ccc(C(Br)c3ccc(Br)c(Cl)c3)cc2N1. The Morgan fingerprint density at radius 1 is 1.19 bits per heavy atom. The number of ether oxygens (including phenoxy) is 1. The molecule has 1 heterocycles. The van der Waals surface area contributed by atoms with Gasteiger partial charge < -0.3 is 10.1 Å². The number of rotatable bonds is 2. The summed E-state index contributed by atoms with van der Waals surface area (Å²) in [6.45, 7) is 0.0619. The molecule has 0 aromatic heterocycles. The Hall–Kier alpha value is -1.04. The topological polar surface area (TPSA) is 38.3 Å². The van der Waals surface area contributed by atoms with Crippen LogP contribution in [0.4, 0.5) is 5.69 Å². The number of anilines is 1. The van der Waals surface area contributed by atoms with Crippen LogP contribution in [-0.4, -0.2) is 12.5 Å². The normalized spacial score (nSPS) is 14.9. The Morgan fingerprint density at radius 3 is 2.67 bits per heavy atom. The monoisotopic (exact) mass is 429 g/mol. The lowest BCUT2D eigenvalue weighted by molar-refractivity contribution is -0.118. The first-order valence-corrected chi connectivity index (χ1v) is 8.29. The number of hydrogen-bond donors (Lipinski definition) is 1. The van der Waals surface area contributed by atoms with Gasteiger partial charge in [-0.25, -0.2) is 0 Å². The predicted octanol–water partition coefficient (Wildman–Crippen LogP) is 4.92. The van der Waals surface area contributed by atoms with Crippen LogP contribution in [-0.2, 0) is 4.79 Å². The number of amides is 1. The molecule has 1 aliphatic heterocycles. The van der Waals surface area contributed by atoms with Crippen molar-refractivity contribution in [3.05, 3.63) is 57.0 Å². The smallest absolute Gasteiger partial charge is 0.262 e. The quantitative estimate of drug-likeness (QED) is 0.686. The van der Waals surface area contributed by atoms with Gasteiger partial charge in [0.05, 0.1) is 15.5 Å². The minimum Gasteiger partial charge on any atom is -0.482 e. The summed E-state index contributed by atoms with van der Waals surface area (Å²) in [5.41, 5.74) is 2.74. The van der Waals surface area contributed by atoms with Crippen LogP contribution in [0.1, 0.15) is 16.0 Å². The van der Waals surface area contributed by atoms with Crippen LogP contribution in [0.2, 0.25) is 5.02 Å². The molecule has 21 heavy (non-hydrogen) atoms. The molecule has 1 N–H and O–H groups in total. The molecule has 2 aromatic carbocycles. The highest BCUT2D eigenvalue weighted by Gasteiger charge is 2.19. The molecule has 1 unspecified atom stereocenters. The van der Waals surface area contributed by atoms with Crippen molar-refractivity contribution in [2.75, 3.05) is 11.9 Å². The lowest BCUT2D eigenvalue weighted by Gasteiger charge is -2.20. The van der Waals surface area contributed by atoms with Crippen molar-refractivity contribution in [2.24, 2.45) is 0 Å². The van der Waals surface area contributed by atoms with E-state index in [0.29, 0.717) is 16.5 Å². The summed E-state index contributed by atoms with van der Waals surface area (Å²) in [4.78, 5) is 11.4. The maximum atomic E-state index is 11.4. The second kappa shape index (κ2) is 5.99. The van der Waals surface area contributed by atoms with Crippen molar-refractivity contribution >= 4 is 55.1 Å². The highest BCUT2D eigenvalue weighted by atomic mass is 79.9. The maximum Gasteiger partial charge on any atom is 0.262 e. The Labute approximate surface area is 143 Å². The summed E-state index contributed by atoms with van der Waals surface area (Å²) < 4.78 is 6.22. The van der Waals surface area contributed by atoms with Gasteiger partial charge in [0.15, 0.2) is 6.61 Å². The Bertz CT molecular complexity index is 721. The number of hydrogen-bond acceptors (Lipinski definition) is 2. The molecule has 1 aliphatic rings. The Morgan fingerprint density at radius 2 is 1.90 bits per heavy atom. The van der Waals surface area contributed by atoms with Gasteiger partial charge in [0.2, 0.25) is 0 Å². The third-order valence-corrected chi connectivity index (χ3v) is 5.46. The van der Waals surface area contributed by atoms with E-state index in [-0.39, 0.29) is 17.3 Å². The zero-order valence-electron chi connectivity index (χ0n) is 10.7. The van der Waals surface area contributed by atoms with E-state index in [9.17, 15) is 4.79 Å². The molecule has 1 atom stereocenters. The van der Waals surface area contributed by atoms with Crippen molar-refractivity contribution in [3.63, 3.8) is 0 Å². The van der Waals surface area contributed by atoms with E-state index in [1.54, 1.807) is 0 Å². The Kier molecular flexibility index (Phi) is 4.24. The van der Waals surface area contributed by atoms with Gasteiger partial charge in [-0.3, -0.25) is 4.79 Å². The molecular weight excluding hydrogens is 421 g/mol. The first kappa shape index (κ1) is 14.9. The summed E-state index contributed by atoms with van der Waals surface area (Å²) in [5, 5.41) is 3.47. The molecule has 0 radical (unpaired) electrons. The zero-order valence-corrected chi connectivity index (χ0v) is 14.6. The number of fused-ring (bicyclic) bond motifs is 1. The lowest BCUT2D eigenvalue weighted by atomic mass is 10.0. The number of alkyl halides is 1. The molecule has 0 aliphatic carbocycles. The molecule has 108 valence electrons. The second-order valence-corrected chi connectivity index (χ2v) is 6.81. The van der Waals surface area contributed by atoms with Gasteiger partial charge in [0.1, 0.15) is 5.75 Å². The molecule has 0 saturated heterocycles. The van der Waals surface area contributed by atoms with E-state index in [1.165, 1.54) is 0 Å². The van der Waals surface area contributed by atoms with E-state index >= 15 is 0 Å².